The summed E-state index contributed by atoms with van der Waals surface area (Å²) in [4.78, 5) is 48.2. The summed E-state index contributed by atoms with van der Waals surface area (Å²) in [5.41, 5.74) is 0.521. The molecule has 8 heteroatoms. The molecule has 0 aliphatic carbocycles. The molecule has 0 bridgehead atoms. The fourth-order valence-electron chi connectivity index (χ4n) is 2.52. The zero-order valence-corrected chi connectivity index (χ0v) is 13.9. The van der Waals surface area contributed by atoms with Crippen molar-refractivity contribution >= 4 is 29.4 Å². The minimum absolute atomic E-state index is 0.00612. The van der Waals surface area contributed by atoms with E-state index in [9.17, 15) is 19.2 Å². The zero-order valence-electron chi connectivity index (χ0n) is 13.9. The maximum atomic E-state index is 12.2. The maximum absolute atomic E-state index is 12.2. The van der Waals surface area contributed by atoms with E-state index in [2.05, 4.69) is 4.74 Å². The first-order valence-corrected chi connectivity index (χ1v) is 7.79. The molecule has 2 amide bonds. The first kappa shape index (κ1) is 17.4. The average molecular weight is 357 g/mol. The van der Waals surface area contributed by atoms with Gasteiger partial charge in [-0.3, -0.25) is 14.5 Å². The normalized spacial score (nSPS) is 13.8. The Bertz CT molecular complexity index is 867. The van der Waals surface area contributed by atoms with Crippen LogP contribution in [0.3, 0.4) is 0 Å². The van der Waals surface area contributed by atoms with Gasteiger partial charge in [0.05, 0.1) is 18.4 Å². The predicted octanol–water partition coefficient (Wildman–Crippen LogP) is 2.08. The molecule has 2 heterocycles. The Morgan fingerprint density at radius 2 is 1.81 bits per heavy atom. The molecule has 1 aromatic heterocycles. The van der Waals surface area contributed by atoms with Crippen molar-refractivity contribution in [2.24, 2.45) is 0 Å². The number of benzene rings is 1. The summed E-state index contributed by atoms with van der Waals surface area (Å²) in [5.74, 6) is -1.60. The zero-order chi connectivity index (χ0) is 18.7. The highest BCUT2D eigenvalue weighted by Gasteiger charge is 2.30. The van der Waals surface area contributed by atoms with Crippen molar-refractivity contribution in [3.63, 3.8) is 0 Å². The second-order valence-corrected chi connectivity index (χ2v) is 5.51. The van der Waals surface area contributed by atoms with Crippen LogP contribution < -0.4 is 4.90 Å². The first-order valence-electron chi connectivity index (χ1n) is 7.79. The number of ether oxygens (including phenoxy) is 2. The van der Waals surface area contributed by atoms with E-state index in [1.165, 1.54) is 31.4 Å². The third-order valence-corrected chi connectivity index (χ3v) is 3.79. The van der Waals surface area contributed by atoms with E-state index in [4.69, 9.17) is 9.15 Å². The van der Waals surface area contributed by atoms with Crippen molar-refractivity contribution < 1.29 is 33.1 Å². The molecular formula is C18H15NO7. The van der Waals surface area contributed by atoms with Crippen LogP contribution in [0.25, 0.3) is 0 Å². The molecule has 0 atom stereocenters. The van der Waals surface area contributed by atoms with Crippen LogP contribution in [0.15, 0.2) is 40.8 Å². The molecule has 26 heavy (non-hydrogen) atoms. The van der Waals surface area contributed by atoms with Crippen molar-refractivity contribution in [3.8, 4) is 0 Å². The van der Waals surface area contributed by atoms with Crippen molar-refractivity contribution in [3.05, 3.63) is 53.5 Å². The van der Waals surface area contributed by atoms with Crippen molar-refractivity contribution in [1.29, 1.82) is 0 Å². The Morgan fingerprint density at radius 1 is 1.08 bits per heavy atom. The number of hydrogen-bond acceptors (Lipinski definition) is 7. The molecule has 1 saturated heterocycles. The SMILES string of the molecule is COC(=O)c1ccc(COC(=O)c2cccc(N3C(=O)CCC3=O)c2)o1. The van der Waals surface area contributed by atoms with Gasteiger partial charge in [-0.15, -0.1) is 0 Å². The van der Waals surface area contributed by atoms with Gasteiger partial charge >= 0.3 is 11.9 Å². The number of nitrogens with zero attached hydrogens (tertiary/aromatic N) is 1. The summed E-state index contributed by atoms with van der Waals surface area (Å²) >= 11 is 0. The van der Waals surface area contributed by atoms with E-state index in [1.807, 2.05) is 0 Å². The molecule has 0 saturated carbocycles. The van der Waals surface area contributed by atoms with Gasteiger partial charge in [0.15, 0.2) is 0 Å². The number of hydrogen-bond donors (Lipinski definition) is 0. The minimum atomic E-state index is -0.651. The van der Waals surface area contributed by atoms with E-state index in [1.54, 1.807) is 12.1 Å². The number of carbonyl (C=O) groups excluding carboxylic acids is 4. The van der Waals surface area contributed by atoms with Crippen LogP contribution in [0, 0.1) is 0 Å². The third-order valence-electron chi connectivity index (χ3n) is 3.79. The summed E-state index contributed by atoms with van der Waals surface area (Å²) in [6.07, 6.45) is 0.322. The lowest BCUT2D eigenvalue weighted by Gasteiger charge is -2.14. The Labute approximate surface area is 148 Å². The highest BCUT2D eigenvalue weighted by molar-refractivity contribution is 6.20. The van der Waals surface area contributed by atoms with Crippen LogP contribution in [0.5, 0.6) is 0 Å². The second kappa shape index (κ2) is 7.22. The summed E-state index contributed by atoms with van der Waals surface area (Å²) in [7, 11) is 1.23. The summed E-state index contributed by atoms with van der Waals surface area (Å²) in [5, 5.41) is 0. The molecule has 2 aromatic rings. The molecule has 0 N–H and O–H groups in total. The number of carbonyl (C=O) groups is 4. The van der Waals surface area contributed by atoms with E-state index < -0.39 is 11.9 Å². The molecule has 3 rings (SSSR count). The van der Waals surface area contributed by atoms with Crippen molar-refractivity contribution in [2.45, 2.75) is 19.4 Å². The predicted molar refractivity (Wildman–Crippen MR) is 87.3 cm³/mol. The quantitative estimate of drug-likeness (QED) is 0.596. The summed E-state index contributed by atoms with van der Waals surface area (Å²) < 4.78 is 14.9. The third kappa shape index (κ3) is 3.49. The maximum Gasteiger partial charge on any atom is 0.373 e. The molecule has 0 spiro atoms. The van der Waals surface area contributed by atoms with Gasteiger partial charge in [-0.05, 0) is 30.3 Å². The molecule has 8 nitrogen and oxygen atoms in total. The fraction of sp³-hybridized carbons (Fsp3) is 0.222. The van der Waals surface area contributed by atoms with E-state index >= 15 is 0 Å². The van der Waals surface area contributed by atoms with E-state index in [-0.39, 0.29) is 48.3 Å². The van der Waals surface area contributed by atoms with Crippen LogP contribution >= 0.6 is 0 Å². The van der Waals surface area contributed by atoms with Crippen LogP contribution in [0.4, 0.5) is 5.69 Å². The lowest BCUT2D eigenvalue weighted by atomic mass is 10.2. The lowest BCUT2D eigenvalue weighted by molar-refractivity contribution is -0.121. The Balaban J connectivity index is 1.68. The lowest BCUT2D eigenvalue weighted by Crippen LogP contribution is -2.28. The number of anilines is 1. The Morgan fingerprint density at radius 3 is 2.50 bits per heavy atom. The van der Waals surface area contributed by atoms with Gasteiger partial charge in [0.1, 0.15) is 12.4 Å². The van der Waals surface area contributed by atoms with Gasteiger partial charge in [-0.25, -0.2) is 9.59 Å². The van der Waals surface area contributed by atoms with Gasteiger partial charge in [0, 0.05) is 12.8 Å². The molecule has 1 aliphatic rings. The molecule has 1 aromatic carbocycles. The molecular weight excluding hydrogens is 342 g/mol. The number of methoxy groups -OCH3 is 1. The number of imide groups is 1. The van der Waals surface area contributed by atoms with Gasteiger partial charge in [-0.2, -0.15) is 0 Å². The number of furan rings is 1. The second-order valence-electron chi connectivity index (χ2n) is 5.51. The molecule has 134 valence electrons. The molecule has 1 aliphatic heterocycles. The van der Waals surface area contributed by atoms with Gasteiger partial charge in [-0.1, -0.05) is 6.07 Å². The monoisotopic (exact) mass is 357 g/mol. The largest absolute Gasteiger partial charge is 0.463 e. The standard InChI is InChI=1S/C18H15NO7/c1-24-18(23)14-6-5-13(26-14)10-25-17(22)11-3-2-4-12(9-11)19-15(20)7-8-16(19)21/h2-6,9H,7-8,10H2,1H3. The van der Waals surface area contributed by atoms with Crippen molar-refractivity contribution in [2.75, 3.05) is 12.0 Å². The molecule has 1 fully saturated rings. The van der Waals surface area contributed by atoms with Crippen LogP contribution in [-0.2, 0) is 25.7 Å². The minimum Gasteiger partial charge on any atom is -0.463 e. The highest BCUT2D eigenvalue weighted by Crippen LogP contribution is 2.24. The van der Waals surface area contributed by atoms with Gasteiger partial charge in [0.25, 0.3) is 0 Å². The summed E-state index contributed by atoms with van der Waals surface area (Å²) in [6, 6.07) is 8.99. The average Bonchev–Trinajstić information content (AvgIpc) is 3.25. The topological polar surface area (TPSA) is 103 Å². The molecule has 0 radical (unpaired) electrons. The van der Waals surface area contributed by atoms with Crippen LogP contribution in [0.1, 0.15) is 39.5 Å². The number of rotatable bonds is 5. The van der Waals surface area contributed by atoms with Gasteiger partial charge in [0.2, 0.25) is 17.6 Å². The molecule has 0 unspecified atom stereocenters. The van der Waals surface area contributed by atoms with Gasteiger partial charge < -0.3 is 13.9 Å². The highest BCUT2D eigenvalue weighted by atomic mass is 16.5. The number of esters is 2. The Kier molecular flexibility index (Phi) is 4.83. The van der Waals surface area contributed by atoms with Crippen LogP contribution in [-0.4, -0.2) is 30.9 Å². The van der Waals surface area contributed by atoms with E-state index in [0.29, 0.717) is 5.69 Å². The fourth-order valence-corrected chi connectivity index (χ4v) is 2.52. The Hall–Kier alpha value is -3.42. The first-order chi connectivity index (χ1) is 12.5. The number of amides is 2. The van der Waals surface area contributed by atoms with Crippen LogP contribution in [0.2, 0.25) is 0 Å². The smallest absolute Gasteiger partial charge is 0.373 e. The van der Waals surface area contributed by atoms with E-state index in [0.717, 1.165) is 4.90 Å². The summed E-state index contributed by atoms with van der Waals surface area (Å²) in [6.45, 7) is -0.179. The van der Waals surface area contributed by atoms with Crippen molar-refractivity contribution in [1.82, 2.24) is 0 Å².